The standard InChI is InChI=1S/C21H25ClN2O/c22-20-11-5-4-10-19(20)21(24-13-15-25-16-14-24)17-23-12-6-9-18-7-2-1-3-8-18/h1-11,21,23H,12-17H2/b9-6+. The summed E-state index contributed by atoms with van der Waals surface area (Å²) in [5.41, 5.74) is 2.41. The van der Waals surface area contributed by atoms with Crippen molar-refractivity contribution in [3.8, 4) is 0 Å². The molecule has 25 heavy (non-hydrogen) atoms. The van der Waals surface area contributed by atoms with Crippen LogP contribution in [0.15, 0.2) is 60.7 Å². The predicted octanol–water partition coefficient (Wildman–Crippen LogP) is 4.02. The highest BCUT2D eigenvalue weighted by atomic mass is 35.5. The summed E-state index contributed by atoms with van der Waals surface area (Å²) in [5.74, 6) is 0. The van der Waals surface area contributed by atoms with Gasteiger partial charge < -0.3 is 10.1 Å². The second-order valence-corrected chi connectivity index (χ2v) is 6.56. The third-order valence-corrected chi connectivity index (χ3v) is 4.80. The van der Waals surface area contributed by atoms with Gasteiger partial charge in [-0.2, -0.15) is 0 Å². The first-order chi connectivity index (χ1) is 12.3. The van der Waals surface area contributed by atoms with Gasteiger partial charge >= 0.3 is 0 Å². The normalized spacial score (nSPS) is 17.0. The molecule has 0 aromatic heterocycles. The molecule has 1 saturated heterocycles. The fourth-order valence-corrected chi connectivity index (χ4v) is 3.39. The van der Waals surface area contributed by atoms with Gasteiger partial charge in [-0.3, -0.25) is 4.90 Å². The summed E-state index contributed by atoms with van der Waals surface area (Å²) in [6.45, 7) is 5.15. The van der Waals surface area contributed by atoms with Crippen LogP contribution < -0.4 is 5.32 Å². The van der Waals surface area contributed by atoms with Crippen LogP contribution in [0.2, 0.25) is 5.02 Å². The highest BCUT2D eigenvalue weighted by molar-refractivity contribution is 6.31. The van der Waals surface area contributed by atoms with E-state index in [0.717, 1.165) is 44.4 Å². The molecule has 1 atom stereocenters. The van der Waals surface area contributed by atoms with E-state index >= 15 is 0 Å². The van der Waals surface area contributed by atoms with E-state index in [1.807, 2.05) is 18.2 Å². The van der Waals surface area contributed by atoms with E-state index in [1.54, 1.807) is 0 Å². The minimum Gasteiger partial charge on any atom is -0.379 e. The molecular formula is C21H25ClN2O. The molecule has 1 N–H and O–H groups in total. The van der Waals surface area contributed by atoms with E-state index in [1.165, 1.54) is 11.1 Å². The Balaban J connectivity index is 1.60. The van der Waals surface area contributed by atoms with Gasteiger partial charge in [0.1, 0.15) is 0 Å². The van der Waals surface area contributed by atoms with Crippen LogP contribution in [-0.4, -0.2) is 44.3 Å². The first kappa shape index (κ1) is 18.2. The van der Waals surface area contributed by atoms with Crippen molar-refractivity contribution in [3.63, 3.8) is 0 Å². The fourth-order valence-electron chi connectivity index (χ4n) is 3.13. The molecule has 0 spiro atoms. The van der Waals surface area contributed by atoms with Crippen LogP contribution in [0, 0.1) is 0 Å². The summed E-state index contributed by atoms with van der Waals surface area (Å²) < 4.78 is 5.50. The molecule has 2 aromatic carbocycles. The molecule has 1 aliphatic rings. The average Bonchev–Trinajstić information content (AvgIpc) is 2.67. The predicted molar refractivity (Wildman–Crippen MR) is 105 cm³/mol. The molecule has 0 aliphatic carbocycles. The fraction of sp³-hybridized carbons (Fsp3) is 0.333. The second-order valence-electron chi connectivity index (χ2n) is 6.16. The topological polar surface area (TPSA) is 24.5 Å². The Morgan fingerprint density at radius 1 is 1.04 bits per heavy atom. The van der Waals surface area contributed by atoms with Crippen LogP contribution >= 0.6 is 11.6 Å². The summed E-state index contributed by atoms with van der Waals surface area (Å²) in [6, 6.07) is 18.8. The van der Waals surface area contributed by atoms with Gasteiger partial charge in [-0.1, -0.05) is 72.3 Å². The van der Waals surface area contributed by atoms with Crippen molar-refractivity contribution in [2.75, 3.05) is 39.4 Å². The van der Waals surface area contributed by atoms with E-state index in [0.29, 0.717) is 0 Å². The Morgan fingerprint density at radius 3 is 2.52 bits per heavy atom. The van der Waals surface area contributed by atoms with Gasteiger partial charge in [0.2, 0.25) is 0 Å². The highest BCUT2D eigenvalue weighted by Crippen LogP contribution is 2.27. The molecule has 0 amide bonds. The first-order valence-electron chi connectivity index (χ1n) is 8.83. The van der Waals surface area contributed by atoms with Crippen molar-refractivity contribution in [2.45, 2.75) is 6.04 Å². The molecule has 1 unspecified atom stereocenters. The molecule has 3 rings (SSSR count). The first-order valence-corrected chi connectivity index (χ1v) is 9.21. The van der Waals surface area contributed by atoms with Crippen LogP contribution in [0.1, 0.15) is 17.2 Å². The zero-order chi connectivity index (χ0) is 17.3. The molecule has 2 aromatic rings. The molecule has 4 heteroatoms. The number of rotatable bonds is 7. The number of hydrogen-bond donors (Lipinski definition) is 1. The zero-order valence-corrected chi connectivity index (χ0v) is 15.2. The van der Waals surface area contributed by atoms with Gasteiger partial charge in [0.25, 0.3) is 0 Å². The van der Waals surface area contributed by atoms with E-state index < -0.39 is 0 Å². The number of morpholine rings is 1. The number of nitrogens with one attached hydrogen (secondary N) is 1. The summed E-state index contributed by atoms with van der Waals surface area (Å²) in [5, 5.41) is 4.38. The molecule has 1 aliphatic heterocycles. The molecule has 0 radical (unpaired) electrons. The van der Waals surface area contributed by atoms with Crippen molar-refractivity contribution in [1.82, 2.24) is 10.2 Å². The van der Waals surface area contributed by atoms with Crippen LogP contribution in [0.3, 0.4) is 0 Å². The Bertz CT molecular complexity index is 669. The lowest BCUT2D eigenvalue weighted by molar-refractivity contribution is 0.0163. The third kappa shape index (κ3) is 5.41. The van der Waals surface area contributed by atoms with E-state index in [4.69, 9.17) is 16.3 Å². The summed E-state index contributed by atoms with van der Waals surface area (Å²) >= 11 is 6.46. The lowest BCUT2D eigenvalue weighted by atomic mass is 10.0. The van der Waals surface area contributed by atoms with Crippen LogP contribution in [0.4, 0.5) is 0 Å². The minimum atomic E-state index is 0.266. The minimum absolute atomic E-state index is 0.266. The summed E-state index contributed by atoms with van der Waals surface area (Å²) in [6.07, 6.45) is 4.31. The van der Waals surface area contributed by atoms with Crippen molar-refractivity contribution in [2.24, 2.45) is 0 Å². The molecular weight excluding hydrogens is 332 g/mol. The molecule has 1 fully saturated rings. The van der Waals surface area contributed by atoms with Crippen molar-refractivity contribution in [3.05, 3.63) is 76.8 Å². The van der Waals surface area contributed by atoms with Gasteiger partial charge in [0.05, 0.1) is 13.2 Å². The van der Waals surface area contributed by atoms with Gasteiger partial charge in [-0.25, -0.2) is 0 Å². The van der Waals surface area contributed by atoms with E-state index in [-0.39, 0.29) is 6.04 Å². The Labute approximate surface area is 155 Å². The molecule has 3 nitrogen and oxygen atoms in total. The smallest absolute Gasteiger partial charge is 0.0594 e. The number of nitrogens with zero attached hydrogens (tertiary/aromatic N) is 1. The maximum absolute atomic E-state index is 6.46. The van der Waals surface area contributed by atoms with Crippen molar-refractivity contribution >= 4 is 17.7 Å². The second kappa shape index (κ2) is 9.73. The molecule has 0 bridgehead atoms. The van der Waals surface area contributed by atoms with Gasteiger partial charge in [-0.15, -0.1) is 0 Å². The quantitative estimate of drug-likeness (QED) is 0.758. The van der Waals surface area contributed by atoms with Crippen molar-refractivity contribution < 1.29 is 4.74 Å². The van der Waals surface area contributed by atoms with Gasteiger partial charge in [0.15, 0.2) is 0 Å². The lowest BCUT2D eigenvalue weighted by Crippen LogP contribution is -2.43. The number of benzene rings is 2. The third-order valence-electron chi connectivity index (χ3n) is 4.46. The highest BCUT2D eigenvalue weighted by Gasteiger charge is 2.23. The van der Waals surface area contributed by atoms with Crippen molar-refractivity contribution in [1.29, 1.82) is 0 Å². The Kier molecular flexibility index (Phi) is 7.07. The lowest BCUT2D eigenvalue weighted by Gasteiger charge is -2.35. The van der Waals surface area contributed by atoms with E-state index in [9.17, 15) is 0 Å². The largest absolute Gasteiger partial charge is 0.379 e. The Hall–Kier alpha value is -1.65. The number of hydrogen-bond acceptors (Lipinski definition) is 3. The monoisotopic (exact) mass is 356 g/mol. The molecule has 132 valence electrons. The van der Waals surface area contributed by atoms with Crippen LogP contribution in [0.5, 0.6) is 0 Å². The molecule has 1 heterocycles. The average molecular weight is 357 g/mol. The maximum Gasteiger partial charge on any atom is 0.0594 e. The number of ether oxygens (including phenoxy) is 1. The van der Waals surface area contributed by atoms with Gasteiger partial charge in [0, 0.05) is 37.2 Å². The SMILES string of the molecule is Clc1ccccc1C(CNC/C=C/c1ccccc1)N1CCOCC1. The van der Waals surface area contributed by atoms with Crippen LogP contribution in [-0.2, 0) is 4.74 Å². The zero-order valence-electron chi connectivity index (χ0n) is 14.4. The van der Waals surface area contributed by atoms with Crippen LogP contribution in [0.25, 0.3) is 6.08 Å². The summed E-state index contributed by atoms with van der Waals surface area (Å²) in [7, 11) is 0. The molecule has 0 saturated carbocycles. The number of halogens is 1. The van der Waals surface area contributed by atoms with Gasteiger partial charge in [-0.05, 0) is 17.2 Å². The maximum atomic E-state index is 6.46. The Morgan fingerprint density at radius 2 is 1.76 bits per heavy atom. The van der Waals surface area contributed by atoms with E-state index in [2.05, 4.69) is 58.8 Å². The summed E-state index contributed by atoms with van der Waals surface area (Å²) in [4.78, 5) is 2.46.